The average Bonchev–Trinajstić information content (AvgIpc) is 2.92. The fraction of sp³-hybridized carbons (Fsp3) is 0.235. The van der Waals surface area contributed by atoms with Gasteiger partial charge in [0.05, 0.1) is 5.75 Å². The number of ether oxygens (including phenoxy) is 1. The van der Waals surface area contributed by atoms with E-state index < -0.39 is 27.7 Å². The monoisotopic (exact) mass is 349 g/mol. The minimum atomic E-state index is -3.36. The zero-order valence-electron chi connectivity index (χ0n) is 13.0. The summed E-state index contributed by atoms with van der Waals surface area (Å²) in [4.78, 5) is 12.4. The Morgan fingerprint density at radius 2 is 2.04 bits per heavy atom. The molecule has 5 nitrogen and oxygen atoms in total. The molecule has 1 aliphatic rings. The maximum atomic E-state index is 13.4. The van der Waals surface area contributed by atoms with Gasteiger partial charge >= 0.3 is 0 Å². The molecule has 1 unspecified atom stereocenters. The van der Waals surface area contributed by atoms with Gasteiger partial charge in [0.15, 0.2) is 15.9 Å². The summed E-state index contributed by atoms with van der Waals surface area (Å²) in [5.41, 5.74) is 1.42. The Morgan fingerprint density at radius 1 is 1.29 bits per heavy atom. The Balaban J connectivity index is 1.78. The molecule has 7 heteroatoms. The lowest BCUT2D eigenvalue weighted by molar-refractivity contribution is -0.122. The number of carbonyl (C=O) groups excluding carboxylic acids is 1. The van der Waals surface area contributed by atoms with Crippen LogP contribution in [0.1, 0.15) is 11.1 Å². The third kappa shape index (κ3) is 3.73. The van der Waals surface area contributed by atoms with Gasteiger partial charge in [-0.1, -0.05) is 18.2 Å². The number of sulfone groups is 1. The lowest BCUT2D eigenvalue weighted by atomic mass is 10.1. The normalized spacial score (nSPS) is 16.3. The highest BCUT2D eigenvalue weighted by atomic mass is 32.2. The first-order chi connectivity index (χ1) is 11.3. The van der Waals surface area contributed by atoms with Gasteiger partial charge in [0, 0.05) is 18.4 Å². The van der Waals surface area contributed by atoms with Gasteiger partial charge in [-0.2, -0.15) is 0 Å². The van der Waals surface area contributed by atoms with E-state index in [-0.39, 0.29) is 17.0 Å². The van der Waals surface area contributed by atoms with Crippen LogP contribution in [-0.4, -0.2) is 26.7 Å². The van der Waals surface area contributed by atoms with E-state index in [9.17, 15) is 17.6 Å². The molecular weight excluding hydrogens is 333 g/mol. The summed E-state index contributed by atoms with van der Waals surface area (Å²) in [6.07, 6.45) is 0.795. The topological polar surface area (TPSA) is 72.5 Å². The second-order valence-electron chi connectivity index (χ2n) is 5.78. The fourth-order valence-corrected chi connectivity index (χ4v) is 3.43. The van der Waals surface area contributed by atoms with Gasteiger partial charge in [-0.25, -0.2) is 12.8 Å². The van der Waals surface area contributed by atoms with Gasteiger partial charge in [-0.3, -0.25) is 4.79 Å². The summed E-state index contributed by atoms with van der Waals surface area (Å²) in [7, 11) is -3.36. The van der Waals surface area contributed by atoms with Crippen LogP contribution < -0.4 is 10.1 Å². The van der Waals surface area contributed by atoms with Crippen LogP contribution in [0.2, 0.25) is 0 Å². The first kappa shape index (κ1) is 16.4. The molecule has 0 aromatic heterocycles. The minimum absolute atomic E-state index is 0.210. The second kappa shape index (κ2) is 6.24. The minimum Gasteiger partial charge on any atom is -0.480 e. The van der Waals surface area contributed by atoms with E-state index in [1.54, 1.807) is 6.07 Å². The van der Waals surface area contributed by atoms with E-state index in [4.69, 9.17) is 4.74 Å². The zero-order chi connectivity index (χ0) is 17.3. The van der Waals surface area contributed by atoms with Gasteiger partial charge in [-0.05, 0) is 35.4 Å². The Kier molecular flexibility index (Phi) is 4.28. The largest absolute Gasteiger partial charge is 0.480 e. The molecule has 3 rings (SSSR count). The van der Waals surface area contributed by atoms with E-state index in [2.05, 4.69) is 5.32 Å². The van der Waals surface area contributed by atoms with E-state index in [0.717, 1.165) is 17.9 Å². The van der Waals surface area contributed by atoms with E-state index >= 15 is 0 Å². The Hall–Kier alpha value is -2.41. The van der Waals surface area contributed by atoms with Crippen molar-refractivity contribution in [3.05, 3.63) is 59.4 Å². The lowest BCUT2D eigenvalue weighted by Gasteiger charge is -2.14. The number of carbonyl (C=O) groups is 1. The number of benzene rings is 2. The van der Waals surface area contributed by atoms with Crippen LogP contribution in [0.5, 0.6) is 5.75 Å². The van der Waals surface area contributed by atoms with Gasteiger partial charge in [0.2, 0.25) is 0 Å². The molecule has 0 fully saturated rings. The maximum Gasteiger partial charge on any atom is 0.265 e. The molecule has 24 heavy (non-hydrogen) atoms. The molecule has 0 radical (unpaired) electrons. The summed E-state index contributed by atoms with van der Waals surface area (Å²) in [5.74, 6) is -0.650. The van der Waals surface area contributed by atoms with E-state index in [1.165, 1.54) is 12.1 Å². The molecule has 1 heterocycles. The van der Waals surface area contributed by atoms with Crippen molar-refractivity contribution in [3.8, 4) is 5.75 Å². The summed E-state index contributed by atoms with van der Waals surface area (Å²) < 4.78 is 42.0. The first-order valence-corrected chi connectivity index (χ1v) is 9.39. The number of para-hydroxylation sites is 1. The highest BCUT2D eigenvalue weighted by Gasteiger charge is 2.29. The maximum absolute atomic E-state index is 13.4. The molecule has 1 amide bonds. The molecule has 1 aliphatic heterocycles. The molecule has 0 saturated heterocycles. The number of fused-ring (bicyclic) bond motifs is 1. The second-order valence-corrected chi connectivity index (χ2v) is 7.92. The number of anilines is 1. The van der Waals surface area contributed by atoms with Crippen molar-refractivity contribution in [1.29, 1.82) is 0 Å². The fourth-order valence-electron chi connectivity index (χ4n) is 2.63. The molecule has 0 bridgehead atoms. The highest BCUT2D eigenvalue weighted by molar-refractivity contribution is 7.89. The molecular formula is C17H16FNO4S. The summed E-state index contributed by atoms with van der Waals surface area (Å²) in [6, 6.07) is 11.0. The molecule has 1 atom stereocenters. The van der Waals surface area contributed by atoms with E-state index in [0.29, 0.717) is 12.2 Å². The van der Waals surface area contributed by atoms with Crippen molar-refractivity contribution in [1.82, 2.24) is 0 Å². The van der Waals surface area contributed by atoms with Crippen molar-refractivity contribution >= 4 is 21.4 Å². The predicted molar refractivity (Wildman–Crippen MR) is 88.1 cm³/mol. The van der Waals surface area contributed by atoms with Crippen LogP contribution in [0.15, 0.2) is 42.5 Å². The number of amides is 1. The van der Waals surface area contributed by atoms with Gasteiger partial charge < -0.3 is 10.1 Å². The number of hydrogen-bond acceptors (Lipinski definition) is 4. The number of rotatable bonds is 4. The molecule has 2 aromatic carbocycles. The third-order valence-corrected chi connectivity index (χ3v) is 4.52. The number of hydrogen-bond donors (Lipinski definition) is 1. The summed E-state index contributed by atoms with van der Waals surface area (Å²) in [5, 5.41) is 2.64. The molecule has 0 aliphatic carbocycles. The summed E-state index contributed by atoms with van der Waals surface area (Å²) >= 11 is 0. The Labute approximate surface area is 139 Å². The smallest absolute Gasteiger partial charge is 0.265 e. The SMILES string of the molecule is CS(=O)(=O)Cc1cc(F)ccc1NC(=O)C1Cc2ccccc2O1. The van der Waals surface area contributed by atoms with Crippen molar-refractivity contribution in [2.24, 2.45) is 0 Å². The van der Waals surface area contributed by atoms with Gasteiger partial charge in [-0.15, -0.1) is 0 Å². The molecule has 2 aromatic rings. The first-order valence-electron chi connectivity index (χ1n) is 7.33. The zero-order valence-corrected chi connectivity index (χ0v) is 13.8. The highest BCUT2D eigenvalue weighted by Crippen LogP contribution is 2.29. The summed E-state index contributed by atoms with van der Waals surface area (Å²) in [6.45, 7) is 0. The van der Waals surface area contributed by atoms with Crippen LogP contribution in [0, 0.1) is 5.82 Å². The third-order valence-electron chi connectivity index (χ3n) is 3.68. The average molecular weight is 349 g/mol. The Morgan fingerprint density at radius 3 is 2.75 bits per heavy atom. The quantitative estimate of drug-likeness (QED) is 0.919. The van der Waals surface area contributed by atoms with Crippen molar-refractivity contribution < 1.29 is 22.3 Å². The van der Waals surface area contributed by atoms with Gasteiger partial charge in [0.1, 0.15) is 11.6 Å². The molecule has 126 valence electrons. The number of nitrogens with one attached hydrogen (secondary N) is 1. The predicted octanol–water partition coefficient (Wildman–Crippen LogP) is 2.31. The van der Waals surface area contributed by atoms with Crippen LogP contribution >= 0.6 is 0 Å². The molecule has 0 saturated carbocycles. The van der Waals surface area contributed by atoms with Crippen molar-refractivity contribution in [2.75, 3.05) is 11.6 Å². The molecule has 1 N–H and O–H groups in total. The molecule has 0 spiro atoms. The van der Waals surface area contributed by atoms with Crippen LogP contribution in [0.25, 0.3) is 0 Å². The van der Waals surface area contributed by atoms with E-state index in [1.807, 2.05) is 18.2 Å². The van der Waals surface area contributed by atoms with Crippen molar-refractivity contribution in [2.45, 2.75) is 18.3 Å². The lowest BCUT2D eigenvalue weighted by Crippen LogP contribution is -2.31. The van der Waals surface area contributed by atoms with Gasteiger partial charge in [0.25, 0.3) is 5.91 Å². The van der Waals surface area contributed by atoms with Crippen LogP contribution in [0.4, 0.5) is 10.1 Å². The Bertz CT molecular complexity index is 870. The standard InChI is InChI=1S/C17H16FNO4S/c1-24(21,22)10-12-8-13(18)6-7-14(12)19-17(20)16-9-11-4-2-3-5-15(11)23-16/h2-8,16H,9-10H2,1H3,(H,19,20). The van der Waals surface area contributed by atoms with Crippen molar-refractivity contribution in [3.63, 3.8) is 0 Å². The number of halogens is 1. The van der Waals surface area contributed by atoms with Crippen LogP contribution in [0.3, 0.4) is 0 Å². The van der Waals surface area contributed by atoms with Crippen LogP contribution in [-0.2, 0) is 26.8 Å².